The van der Waals surface area contributed by atoms with E-state index in [9.17, 15) is 17.2 Å². The van der Waals surface area contributed by atoms with Gasteiger partial charge in [0.1, 0.15) is 11.6 Å². The van der Waals surface area contributed by atoms with E-state index in [4.69, 9.17) is 13.9 Å². The monoisotopic (exact) mass is 449 g/mol. The molecule has 0 spiro atoms. The van der Waals surface area contributed by atoms with Crippen LogP contribution in [0.25, 0.3) is 11.5 Å². The lowest BCUT2D eigenvalue weighted by Gasteiger charge is -2.30. The Bertz CT molecular complexity index is 1230. The van der Waals surface area contributed by atoms with E-state index in [0.717, 1.165) is 12.1 Å². The second kappa shape index (κ2) is 7.57. The van der Waals surface area contributed by atoms with Gasteiger partial charge in [-0.25, -0.2) is 17.2 Å². The van der Waals surface area contributed by atoms with Crippen molar-refractivity contribution in [3.63, 3.8) is 0 Å². The lowest BCUT2D eigenvalue weighted by atomic mass is 10.00. The van der Waals surface area contributed by atoms with Crippen LogP contribution in [0.2, 0.25) is 0 Å². The highest BCUT2D eigenvalue weighted by Gasteiger charge is 2.34. The van der Waals surface area contributed by atoms with Gasteiger partial charge in [-0.05, 0) is 43.2 Å². The van der Waals surface area contributed by atoms with Crippen molar-refractivity contribution in [3.8, 4) is 23.0 Å². The summed E-state index contributed by atoms with van der Waals surface area (Å²) in [5, 5.41) is 8.17. The number of fused-ring (bicyclic) bond motifs is 1. The molecule has 0 N–H and O–H groups in total. The highest BCUT2D eigenvalue weighted by molar-refractivity contribution is 7.89. The van der Waals surface area contributed by atoms with E-state index >= 15 is 0 Å². The Kier molecular flexibility index (Phi) is 4.86. The summed E-state index contributed by atoms with van der Waals surface area (Å²) in [4.78, 5) is -0.419. The molecule has 0 amide bonds. The lowest BCUT2D eigenvalue weighted by Crippen LogP contribution is -2.39. The van der Waals surface area contributed by atoms with Gasteiger partial charge in [0.25, 0.3) is 0 Å². The van der Waals surface area contributed by atoms with Crippen molar-refractivity contribution >= 4 is 10.0 Å². The molecule has 11 heteroatoms. The number of piperidine rings is 1. The first kappa shape index (κ1) is 19.9. The van der Waals surface area contributed by atoms with Gasteiger partial charge < -0.3 is 13.9 Å². The van der Waals surface area contributed by atoms with Gasteiger partial charge in [0.2, 0.25) is 28.6 Å². The number of aromatic nitrogens is 2. The summed E-state index contributed by atoms with van der Waals surface area (Å²) in [5.41, 5.74) is 0.651. The zero-order valence-corrected chi connectivity index (χ0v) is 16.9. The Morgan fingerprint density at radius 1 is 1.00 bits per heavy atom. The number of hydrogen-bond acceptors (Lipinski definition) is 7. The van der Waals surface area contributed by atoms with Crippen LogP contribution in [0.5, 0.6) is 11.5 Å². The maximum Gasteiger partial charge on any atom is 0.247 e. The predicted octanol–water partition coefficient (Wildman–Crippen LogP) is 3.31. The van der Waals surface area contributed by atoms with Crippen LogP contribution in [-0.4, -0.2) is 42.8 Å². The zero-order chi connectivity index (χ0) is 21.6. The van der Waals surface area contributed by atoms with Crippen molar-refractivity contribution in [2.45, 2.75) is 23.7 Å². The van der Waals surface area contributed by atoms with Crippen molar-refractivity contribution in [3.05, 3.63) is 53.9 Å². The standard InChI is InChI=1S/C20H17F2N3O5S/c21-14-7-15(22)9-16(8-14)31(26,27)25-5-1-2-13(10-25)20-24-23-19(30-20)12-3-4-17-18(6-12)29-11-28-17/h3-4,6-9,13H,1-2,5,10-11H2. The molecule has 0 radical (unpaired) electrons. The van der Waals surface area contributed by atoms with E-state index in [0.29, 0.717) is 41.9 Å². The molecule has 5 rings (SSSR count). The third-order valence-corrected chi connectivity index (χ3v) is 7.11. The first-order valence-corrected chi connectivity index (χ1v) is 11.0. The number of rotatable bonds is 4. The predicted molar refractivity (Wildman–Crippen MR) is 103 cm³/mol. The van der Waals surface area contributed by atoms with Crippen LogP contribution in [0.1, 0.15) is 24.7 Å². The second-order valence-corrected chi connectivity index (χ2v) is 9.26. The third-order valence-electron chi connectivity index (χ3n) is 5.27. The molecule has 3 aromatic rings. The number of halogens is 2. The van der Waals surface area contributed by atoms with E-state index in [-0.39, 0.29) is 31.7 Å². The molecule has 1 atom stereocenters. The maximum absolute atomic E-state index is 13.5. The molecule has 2 aliphatic rings. The first-order chi connectivity index (χ1) is 14.9. The molecule has 3 heterocycles. The van der Waals surface area contributed by atoms with Gasteiger partial charge in [0.15, 0.2) is 11.5 Å². The van der Waals surface area contributed by atoms with Crippen LogP contribution in [0, 0.1) is 11.6 Å². The fourth-order valence-corrected chi connectivity index (χ4v) is 5.30. The summed E-state index contributed by atoms with van der Waals surface area (Å²) in [6.07, 6.45) is 1.19. The minimum Gasteiger partial charge on any atom is -0.454 e. The minimum absolute atomic E-state index is 0.0727. The highest BCUT2D eigenvalue weighted by atomic mass is 32.2. The Balaban J connectivity index is 1.37. The molecular formula is C20H17F2N3O5S. The average Bonchev–Trinajstić information content (AvgIpc) is 3.42. The van der Waals surface area contributed by atoms with Gasteiger partial charge in [0.05, 0.1) is 10.8 Å². The Labute approximate surface area is 176 Å². The van der Waals surface area contributed by atoms with E-state index in [1.54, 1.807) is 18.2 Å². The van der Waals surface area contributed by atoms with Crippen molar-refractivity contribution < 1.29 is 31.1 Å². The molecule has 1 fully saturated rings. The van der Waals surface area contributed by atoms with Gasteiger partial charge in [-0.2, -0.15) is 4.31 Å². The second-order valence-electron chi connectivity index (χ2n) is 7.32. The smallest absolute Gasteiger partial charge is 0.247 e. The van der Waals surface area contributed by atoms with Crippen LogP contribution in [-0.2, 0) is 10.0 Å². The van der Waals surface area contributed by atoms with Crippen LogP contribution in [0.15, 0.2) is 45.7 Å². The number of benzene rings is 2. The van der Waals surface area contributed by atoms with Crippen LogP contribution in [0.4, 0.5) is 8.78 Å². The Morgan fingerprint density at radius 2 is 1.77 bits per heavy atom. The minimum atomic E-state index is -4.07. The molecule has 31 heavy (non-hydrogen) atoms. The summed E-state index contributed by atoms with van der Waals surface area (Å²) in [6.45, 7) is 0.457. The van der Waals surface area contributed by atoms with Crippen LogP contribution >= 0.6 is 0 Å². The van der Waals surface area contributed by atoms with Crippen molar-refractivity contribution in [2.75, 3.05) is 19.9 Å². The number of hydrogen-bond donors (Lipinski definition) is 0. The number of sulfonamides is 1. The maximum atomic E-state index is 13.5. The van der Waals surface area contributed by atoms with E-state index < -0.39 is 26.6 Å². The Morgan fingerprint density at radius 3 is 2.58 bits per heavy atom. The molecule has 0 bridgehead atoms. The largest absolute Gasteiger partial charge is 0.454 e. The lowest BCUT2D eigenvalue weighted by molar-refractivity contribution is 0.174. The summed E-state index contributed by atoms with van der Waals surface area (Å²) in [7, 11) is -4.07. The molecule has 162 valence electrons. The van der Waals surface area contributed by atoms with Gasteiger partial charge in [0, 0.05) is 24.7 Å². The van der Waals surface area contributed by atoms with E-state index in [2.05, 4.69) is 10.2 Å². The van der Waals surface area contributed by atoms with E-state index in [1.165, 1.54) is 4.31 Å². The first-order valence-electron chi connectivity index (χ1n) is 9.60. The SMILES string of the molecule is O=S(=O)(c1cc(F)cc(F)c1)N1CCCC(c2nnc(-c3ccc4c(c3)OCO4)o2)C1. The van der Waals surface area contributed by atoms with Gasteiger partial charge in [-0.3, -0.25) is 0 Å². The summed E-state index contributed by atoms with van der Waals surface area (Å²) in [5.74, 6) is -0.439. The van der Waals surface area contributed by atoms with E-state index in [1.807, 2.05) is 0 Å². The molecule has 1 unspecified atom stereocenters. The number of ether oxygens (including phenoxy) is 2. The third kappa shape index (κ3) is 3.74. The van der Waals surface area contributed by atoms with Crippen molar-refractivity contribution in [1.82, 2.24) is 14.5 Å². The van der Waals surface area contributed by atoms with Crippen molar-refractivity contribution in [1.29, 1.82) is 0 Å². The molecule has 0 saturated carbocycles. The average molecular weight is 449 g/mol. The topological polar surface area (TPSA) is 94.8 Å². The van der Waals surface area contributed by atoms with Crippen LogP contribution < -0.4 is 9.47 Å². The quantitative estimate of drug-likeness (QED) is 0.603. The molecular weight excluding hydrogens is 432 g/mol. The molecule has 8 nitrogen and oxygen atoms in total. The fraction of sp³-hybridized carbons (Fsp3) is 0.300. The highest BCUT2D eigenvalue weighted by Crippen LogP contribution is 2.36. The fourth-order valence-electron chi connectivity index (χ4n) is 3.73. The molecule has 2 aliphatic heterocycles. The zero-order valence-electron chi connectivity index (χ0n) is 16.1. The molecule has 2 aromatic carbocycles. The van der Waals surface area contributed by atoms with Gasteiger partial charge in [-0.15, -0.1) is 10.2 Å². The van der Waals surface area contributed by atoms with Gasteiger partial charge in [-0.1, -0.05) is 0 Å². The summed E-state index contributed by atoms with van der Waals surface area (Å²) in [6, 6.07) is 7.50. The summed E-state index contributed by atoms with van der Waals surface area (Å²) >= 11 is 0. The molecule has 0 aliphatic carbocycles. The molecule has 1 saturated heterocycles. The number of nitrogens with zero attached hydrogens (tertiary/aromatic N) is 3. The van der Waals surface area contributed by atoms with Gasteiger partial charge >= 0.3 is 0 Å². The van der Waals surface area contributed by atoms with Crippen molar-refractivity contribution in [2.24, 2.45) is 0 Å². The Hall–Kier alpha value is -3.05. The van der Waals surface area contributed by atoms with Crippen LogP contribution in [0.3, 0.4) is 0 Å². The summed E-state index contributed by atoms with van der Waals surface area (Å²) < 4.78 is 70.5. The molecule has 1 aromatic heterocycles. The normalized spacial score (nSPS) is 19.0.